The first-order valence-electron chi connectivity index (χ1n) is 6.53. The van der Waals surface area contributed by atoms with Crippen molar-refractivity contribution >= 4 is 23.2 Å². The molecule has 0 radical (unpaired) electrons. The number of nitrogens with one attached hydrogen (secondary N) is 1. The number of aliphatic carboxylic acids is 1. The summed E-state index contributed by atoms with van der Waals surface area (Å²) in [5, 5.41) is 12.0. The first-order chi connectivity index (χ1) is 9.09. The van der Waals surface area contributed by atoms with Gasteiger partial charge in [-0.3, -0.25) is 4.79 Å². The van der Waals surface area contributed by atoms with Crippen molar-refractivity contribution in [3.8, 4) is 0 Å². The molecule has 5 nitrogen and oxygen atoms in total. The molecular formula is C13H18N2O3S. The van der Waals surface area contributed by atoms with Crippen molar-refractivity contribution in [3.63, 3.8) is 0 Å². The van der Waals surface area contributed by atoms with Crippen LogP contribution in [0.5, 0.6) is 0 Å². The summed E-state index contributed by atoms with van der Waals surface area (Å²) in [5.41, 5.74) is 2.25. The van der Waals surface area contributed by atoms with E-state index >= 15 is 0 Å². The van der Waals surface area contributed by atoms with E-state index < -0.39 is 12.0 Å². The van der Waals surface area contributed by atoms with E-state index in [-0.39, 0.29) is 11.8 Å². The Morgan fingerprint density at radius 1 is 1.42 bits per heavy atom. The number of carboxylic acid groups (broad SMARTS) is 1. The van der Waals surface area contributed by atoms with Crippen LogP contribution in [-0.4, -0.2) is 28.0 Å². The van der Waals surface area contributed by atoms with Crippen LogP contribution >= 0.6 is 11.3 Å². The van der Waals surface area contributed by atoms with Gasteiger partial charge in [-0.1, -0.05) is 19.3 Å². The Labute approximate surface area is 116 Å². The van der Waals surface area contributed by atoms with Gasteiger partial charge in [0.25, 0.3) is 5.91 Å². The van der Waals surface area contributed by atoms with Gasteiger partial charge in [-0.2, -0.15) is 0 Å². The zero-order valence-corrected chi connectivity index (χ0v) is 11.7. The van der Waals surface area contributed by atoms with Crippen molar-refractivity contribution in [1.29, 1.82) is 0 Å². The van der Waals surface area contributed by atoms with Crippen LogP contribution < -0.4 is 5.32 Å². The molecule has 1 saturated carbocycles. The fourth-order valence-electron chi connectivity index (χ4n) is 2.58. The molecule has 1 aliphatic rings. The van der Waals surface area contributed by atoms with Crippen molar-refractivity contribution in [2.45, 2.75) is 45.1 Å². The number of amides is 1. The minimum atomic E-state index is -0.942. The molecule has 0 bridgehead atoms. The molecule has 104 valence electrons. The molecule has 19 heavy (non-hydrogen) atoms. The maximum atomic E-state index is 12.1. The summed E-state index contributed by atoms with van der Waals surface area (Å²) in [6.45, 7) is 1.75. The zero-order valence-electron chi connectivity index (χ0n) is 10.9. The highest BCUT2D eigenvalue weighted by Gasteiger charge is 2.31. The molecule has 2 rings (SSSR count). The van der Waals surface area contributed by atoms with Crippen molar-refractivity contribution in [2.75, 3.05) is 0 Å². The predicted octanol–water partition coefficient (Wildman–Crippen LogP) is 2.21. The number of aromatic nitrogens is 1. The number of carbonyl (C=O) groups is 2. The molecule has 1 unspecified atom stereocenters. The molecule has 1 aliphatic carbocycles. The van der Waals surface area contributed by atoms with Gasteiger partial charge < -0.3 is 10.4 Å². The van der Waals surface area contributed by atoms with E-state index in [4.69, 9.17) is 0 Å². The van der Waals surface area contributed by atoms with Crippen LogP contribution in [0.4, 0.5) is 0 Å². The Balaban J connectivity index is 2.06. The van der Waals surface area contributed by atoms with E-state index in [0.717, 1.165) is 32.1 Å². The summed E-state index contributed by atoms with van der Waals surface area (Å²) >= 11 is 1.24. The highest BCUT2D eigenvalue weighted by molar-refractivity contribution is 7.11. The van der Waals surface area contributed by atoms with Crippen molar-refractivity contribution in [2.24, 2.45) is 5.92 Å². The predicted molar refractivity (Wildman–Crippen MR) is 72.3 cm³/mol. The van der Waals surface area contributed by atoms with Crippen LogP contribution in [-0.2, 0) is 4.79 Å². The number of nitrogens with zero attached hydrogens (tertiary/aromatic N) is 1. The fraction of sp³-hybridized carbons (Fsp3) is 0.615. The van der Waals surface area contributed by atoms with Crippen LogP contribution in [0.15, 0.2) is 5.51 Å². The minimum absolute atomic E-state index is 0.0448. The number of carboxylic acids is 1. The second kappa shape index (κ2) is 6.14. The second-order valence-corrected chi connectivity index (χ2v) is 5.81. The van der Waals surface area contributed by atoms with E-state index in [1.807, 2.05) is 0 Å². The lowest BCUT2D eigenvalue weighted by molar-refractivity contribution is -0.141. The number of carbonyl (C=O) groups excluding carboxylic acids is 1. The Morgan fingerprint density at radius 3 is 2.63 bits per heavy atom. The summed E-state index contributed by atoms with van der Waals surface area (Å²) in [6, 6.07) is -0.783. The first kappa shape index (κ1) is 14.0. The standard InChI is InChI=1S/C13H18N2O3S/c1-8-11(19-7-14-8)12(16)15-10(13(17)18)9-5-3-2-4-6-9/h7,9-10H,2-6H2,1H3,(H,15,16)(H,17,18). The van der Waals surface area contributed by atoms with E-state index in [1.165, 1.54) is 11.3 Å². The van der Waals surface area contributed by atoms with Gasteiger partial charge in [-0.15, -0.1) is 11.3 Å². The first-order valence-corrected chi connectivity index (χ1v) is 7.41. The summed E-state index contributed by atoms with van der Waals surface area (Å²) in [7, 11) is 0. The SMILES string of the molecule is Cc1ncsc1C(=O)NC(C(=O)O)C1CCCCC1. The Hall–Kier alpha value is -1.43. The van der Waals surface area contributed by atoms with Gasteiger partial charge in [-0.25, -0.2) is 9.78 Å². The van der Waals surface area contributed by atoms with Gasteiger partial charge in [0.1, 0.15) is 10.9 Å². The number of hydrogen-bond acceptors (Lipinski definition) is 4. The minimum Gasteiger partial charge on any atom is -0.480 e. The average molecular weight is 282 g/mol. The maximum Gasteiger partial charge on any atom is 0.326 e. The Bertz CT molecular complexity index is 466. The normalized spacial score (nSPS) is 17.9. The van der Waals surface area contributed by atoms with E-state index in [0.29, 0.717) is 10.6 Å². The molecule has 2 N–H and O–H groups in total. The van der Waals surface area contributed by atoms with Gasteiger partial charge in [0.05, 0.1) is 11.2 Å². The van der Waals surface area contributed by atoms with Gasteiger partial charge in [0.2, 0.25) is 0 Å². The molecule has 6 heteroatoms. The Kier molecular flexibility index (Phi) is 4.52. The van der Waals surface area contributed by atoms with Crippen LogP contribution in [0.1, 0.15) is 47.5 Å². The van der Waals surface area contributed by atoms with Crippen molar-refractivity contribution in [3.05, 3.63) is 16.1 Å². The number of thiazole rings is 1. The van der Waals surface area contributed by atoms with Crippen LogP contribution in [0.3, 0.4) is 0 Å². The lowest BCUT2D eigenvalue weighted by atomic mass is 9.84. The molecule has 0 saturated heterocycles. The van der Waals surface area contributed by atoms with Crippen LogP contribution in [0, 0.1) is 12.8 Å². The Morgan fingerprint density at radius 2 is 2.11 bits per heavy atom. The molecule has 1 fully saturated rings. The molecule has 0 aliphatic heterocycles. The third-order valence-electron chi connectivity index (χ3n) is 3.63. The quantitative estimate of drug-likeness (QED) is 0.887. The summed E-state index contributed by atoms with van der Waals surface area (Å²) in [5.74, 6) is -1.22. The van der Waals surface area contributed by atoms with Gasteiger partial charge in [0, 0.05) is 0 Å². The number of aryl methyl sites for hydroxylation is 1. The zero-order chi connectivity index (χ0) is 13.8. The monoisotopic (exact) mass is 282 g/mol. The smallest absolute Gasteiger partial charge is 0.326 e. The summed E-state index contributed by atoms with van der Waals surface area (Å²) in [6.07, 6.45) is 5.00. The lowest BCUT2D eigenvalue weighted by Crippen LogP contribution is -2.46. The number of hydrogen-bond donors (Lipinski definition) is 2. The highest BCUT2D eigenvalue weighted by Crippen LogP contribution is 2.27. The average Bonchev–Trinajstić information content (AvgIpc) is 2.82. The van der Waals surface area contributed by atoms with Gasteiger partial charge >= 0.3 is 5.97 Å². The molecule has 1 aromatic heterocycles. The number of rotatable bonds is 4. The third-order valence-corrected chi connectivity index (χ3v) is 4.55. The second-order valence-electron chi connectivity index (χ2n) is 4.95. The molecule has 1 aromatic rings. The molecule has 1 amide bonds. The van der Waals surface area contributed by atoms with Crippen molar-refractivity contribution < 1.29 is 14.7 Å². The van der Waals surface area contributed by atoms with Gasteiger partial charge in [-0.05, 0) is 25.7 Å². The van der Waals surface area contributed by atoms with Gasteiger partial charge in [0.15, 0.2) is 0 Å². The summed E-state index contributed by atoms with van der Waals surface area (Å²) in [4.78, 5) is 28.0. The molecule has 0 spiro atoms. The molecule has 1 atom stereocenters. The van der Waals surface area contributed by atoms with Crippen LogP contribution in [0.2, 0.25) is 0 Å². The fourth-order valence-corrected chi connectivity index (χ4v) is 3.28. The maximum absolute atomic E-state index is 12.1. The summed E-state index contributed by atoms with van der Waals surface area (Å²) < 4.78 is 0. The van der Waals surface area contributed by atoms with E-state index in [1.54, 1.807) is 12.4 Å². The van der Waals surface area contributed by atoms with Crippen molar-refractivity contribution in [1.82, 2.24) is 10.3 Å². The molecule has 0 aromatic carbocycles. The molecular weight excluding hydrogens is 264 g/mol. The highest BCUT2D eigenvalue weighted by atomic mass is 32.1. The van der Waals surface area contributed by atoms with E-state index in [2.05, 4.69) is 10.3 Å². The molecule has 1 heterocycles. The largest absolute Gasteiger partial charge is 0.480 e. The topological polar surface area (TPSA) is 79.3 Å². The third kappa shape index (κ3) is 3.32. The van der Waals surface area contributed by atoms with Crippen LogP contribution in [0.25, 0.3) is 0 Å². The lowest BCUT2D eigenvalue weighted by Gasteiger charge is -2.27. The van der Waals surface area contributed by atoms with E-state index in [9.17, 15) is 14.7 Å².